The molecule has 1 amide bonds. The summed E-state index contributed by atoms with van der Waals surface area (Å²) in [6.45, 7) is 0.811. The van der Waals surface area contributed by atoms with Gasteiger partial charge in [0.2, 0.25) is 0 Å². The molecule has 0 aliphatic carbocycles. The van der Waals surface area contributed by atoms with E-state index in [1.807, 2.05) is 78.9 Å². The van der Waals surface area contributed by atoms with Gasteiger partial charge in [-0.25, -0.2) is 4.79 Å². The number of alkyl carbamates (subject to hydrolysis) is 1. The smallest absolute Gasteiger partial charge is 0.445 e. The zero-order valence-electron chi connectivity index (χ0n) is 16.4. The van der Waals surface area contributed by atoms with E-state index in [0.717, 1.165) is 11.1 Å². The number of hydrogen-bond acceptors (Lipinski definition) is 5. The summed E-state index contributed by atoms with van der Waals surface area (Å²) in [6, 6.07) is 28.3. The molecule has 0 aliphatic heterocycles. The molecule has 2 unspecified atom stereocenters. The van der Waals surface area contributed by atoms with Crippen LogP contribution in [0.1, 0.15) is 22.5 Å². The molecular weight excluding hydrogens is 399 g/mol. The molecule has 154 valence electrons. The van der Waals surface area contributed by atoms with Crippen LogP contribution < -0.4 is 10.6 Å². The number of carbonyl (C=O) groups is 1. The first-order chi connectivity index (χ1) is 14.7. The largest absolute Gasteiger partial charge is 0.539 e. The third-order valence-corrected chi connectivity index (χ3v) is 5.49. The predicted octanol–water partition coefficient (Wildman–Crippen LogP) is 5.12. The third kappa shape index (κ3) is 7.08. The minimum Gasteiger partial charge on any atom is -0.445 e. The van der Waals surface area contributed by atoms with Gasteiger partial charge in [-0.3, -0.25) is 10.6 Å². The molecule has 0 saturated carbocycles. The Bertz CT molecular complexity index is 924. The average molecular weight is 423 g/mol. The summed E-state index contributed by atoms with van der Waals surface area (Å²) < 4.78 is 23.5. The van der Waals surface area contributed by atoms with Crippen molar-refractivity contribution in [3.8, 4) is 0 Å². The molecule has 30 heavy (non-hydrogen) atoms. The first-order valence-electron chi connectivity index (χ1n) is 9.58. The summed E-state index contributed by atoms with van der Waals surface area (Å²) in [4.78, 5) is 12.3. The highest BCUT2D eigenvalue weighted by atomic mass is 31.1. The van der Waals surface area contributed by atoms with Crippen molar-refractivity contribution in [2.24, 2.45) is 0 Å². The van der Waals surface area contributed by atoms with E-state index in [1.54, 1.807) is 12.1 Å². The van der Waals surface area contributed by atoms with Gasteiger partial charge in [-0.2, -0.15) is 0 Å². The second-order valence-corrected chi connectivity index (χ2v) is 7.84. The van der Waals surface area contributed by atoms with Crippen molar-refractivity contribution in [1.29, 1.82) is 0 Å². The summed E-state index contributed by atoms with van der Waals surface area (Å²) in [5.74, 6) is -0.817. The molecule has 2 atom stereocenters. The van der Waals surface area contributed by atoms with Gasteiger partial charge in [-0.15, -0.1) is 4.52 Å². The van der Waals surface area contributed by atoms with Gasteiger partial charge in [0, 0.05) is 12.1 Å². The number of hydrogen-bond donors (Lipinski definition) is 2. The van der Waals surface area contributed by atoms with Gasteiger partial charge in [0.25, 0.3) is 5.78 Å². The topological polar surface area (TPSA) is 76.7 Å². The first-order valence-corrected chi connectivity index (χ1v) is 10.8. The molecule has 6 nitrogen and oxygen atoms in total. The zero-order chi connectivity index (χ0) is 21.0. The highest BCUT2D eigenvalue weighted by Gasteiger charge is 2.36. The summed E-state index contributed by atoms with van der Waals surface area (Å²) >= 11 is 0. The number of benzene rings is 3. The number of ether oxygens (including phenoxy) is 1. The lowest BCUT2D eigenvalue weighted by Crippen LogP contribution is -2.28. The van der Waals surface area contributed by atoms with Crippen LogP contribution in [0.3, 0.4) is 0 Å². The standard InChI is InChI=1S/C23H23N2O4P/c26-23(28-17-20-12-6-2-7-13-20)25-22(21-14-8-3-9-15-21)30(27)29-18-24-16-19-10-4-1-5-11-19/h1-15,22,24H,16-18H2/p+1. The van der Waals surface area contributed by atoms with Crippen LogP contribution in [0.2, 0.25) is 0 Å². The average Bonchev–Trinajstić information content (AvgIpc) is 2.81. The number of rotatable bonds is 10. The Morgan fingerprint density at radius 1 is 0.833 bits per heavy atom. The van der Waals surface area contributed by atoms with E-state index in [9.17, 15) is 9.36 Å². The van der Waals surface area contributed by atoms with Crippen LogP contribution in [0.5, 0.6) is 0 Å². The molecule has 2 N–H and O–H groups in total. The van der Waals surface area contributed by atoms with E-state index >= 15 is 0 Å². The van der Waals surface area contributed by atoms with Crippen molar-refractivity contribution in [2.75, 3.05) is 6.73 Å². The third-order valence-electron chi connectivity index (χ3n) is 4.26. The van der Waals surface area contributed by atoms with Crippen LogP contribution in [-0.2, 0) is 27.0 Å². The van der Waals surface area contributed by atoms with Crippen LogP contribution in [-0.4, -0.2) is 12.8 Å². The van der Waals surface area contributed by atoms with Crippen molar-refractivity contribution >= 4 is 14.1 Å². The van der Waals surface area contributed by atoms with Crippen LogP contribution >= 0.6 is 8.03 Å². The van der Waals surface area contributed by atoms with E-state index in [1.165, 1.54) is 0 Å². The molecule has 0 heterocycles. The second kappa shape index (κ2) is 11.8. The highest BCUT2D eigenvalue weighted by molar-refractivity contribution is 7.39. The molecule has 0 aromatic heterocycles. The zero-order valence-corrected chi connectivity index (χ0v) is 17.3. The molecule has 0 spiro atoms. The maximum absolute atomic E-state index is 12.8. The van der Waals surface area contributed by atoms with E-state index in [-0.39, 0.29) is 13.3 Å². The predicted molar refractivity (Wildman–Crippen MR) is 116 cm³/mol. The fourth-order valence-corrected chi connectivity index (χ4v) is 3.74. The molecule has 0 fully saturated rings. The Labute approximate surface area is 177 Å². The van der Waals surface area contributed by atoms with Gasteiger partial charge in [0.1, 0.15) is 6.61 Å². The number of carbonyl (C=O) groups excluding carboxylic acids is 1. The number of amides is 1. The molecule has 0 saturated heterocycles. The van der Waals surface area contributed by atoms with Gasteiger partial charge in [0.15, 0.2) is 6.73 Å². The molecule has 7 heteroatoms. The summed E-state index contributed by atoms with van der Waals surface area (Å²) in [5.41, 5.74) is 2.64. The molecule has 0 bridgehead atoms. The summed E-state index contributed by atoms with van der Waals surface area (Å²) in [5, 5.41) is 5.75. The number of nitrogens with one attached hydrogen (secondary N) is 2. The van der Waals surface area contributed by atoms with Gasteiger partial charge in [-0.05, 0) is 15.7 Å². The second-order valence-electron chi connectivity index (χ2n) is 6.49. The molecule has 3 aromatic rings. The highest BCUT2D eigenvalue weighted by Crippen LogP contribution is 2.39. The van der Waals surface area contributed by atoms with Crippen molar-refractivity contribution in [3.05, 3.63) is 108 Å². The quantitative estimate of drug-likeness (QED) is 0.269. The van der Waals surface area contributed by atoms with Crippen LogP contribution in [0.15, 0.2) is 91.0 Å². The SMILES string of the molecule is O=C(NC(c1ccccc1)[P+](=O)OCNCc1ccccc1)OCc1ccccc1. The van der Waals surface area contributed by atoms with Crippen molar-refractivity contribution < 1.29 is 18.6 Å². The Balaban J connectivity index is 1.53. The fraction of sp³-hybridized carbons (Fsp3) is 0.174. The van der Waals surface area contributed by atoms with Gasteiger partial charge >= 0.3 is 14.1 Å². The van der Waals surface area contributed by atoms with Crippen molar-refractivity contribution in [3.63, 3.8) is 0 Å². The lowest BCUT2D eigenvalue weighted by Gasteiger charge is -2.11. The first kappa shape index (κ1) is 21.7. The van der Waals surface area contributed by atoms with Crippen LogP contribution in [0.25, 0.3) is 0 Å². The Morgan fingerprint density at radius 3 is 2.03 bits per heavy atom. The van der Waals surface area contributed by atoms with E-state index < -0.39 is 19.9 Å². The van der Waals surface area contributed by atoms with Crippen LogP contribution in [0.4, 0.5) is 4.79 Å². The molecule has 3 aromatic carbocycles. The lowest BCUT2D eigenvalue weighted by molar-refractivity contribution is 0.137. The maximum atomic E-state index is 12.8. The minimum absolute atomic E-state index is 0.0914. The Hall–Kier alpha value is -3.05. The minimum atomic E-state index is -2.22. The van der Waals surface area contributed by atoms with E-state index in [2.05, 4.69) is 10.6 Å². The molecular formula is C23H24N2O4P+. The summed E-state index contributed by atoms with van der Waals surface area (Å²) in [6.07, 6.45) is -0.656. The molecule has 0 aliphatic rings. The summed E-state index contributed by atoms with van der Waals surface area (Å²) in [7, 11) is -2.22. The van der Waals surface area contributed by atoms with E-state index in [0.29, 0.717) is 12.1 Å². The van der Waals surface area contributed by atoms with Crippen molar-refractivity contribution in [1.82, 2.24) is 10.6 Å². The molecule has 0 radical (unpaired) electrons. The fourth-order valence-electron chi connectivity index (χ4n) is 2.74. The van der Waals surface area contributed by atoms with Gasteiger partial charge in [0.05, 0.1) is 0 Å². The Morgan fingerprint density at radius 2 is 1.40 bits per heavy atom. The van der Waals surface area contributed by atoms with Gasteiger partial charge < -0.3 is 4.74 Å². The molecule has 3 rings (SSSR count). The van der Waals surface area contributed by atoms with E-state index in [4.69, 9.17) is 9.26 Å². The maximum Gasteiger partial charge on any atom is 0.539 e. The van der Waals surface area contributed by atoms with Crippen LogP contribution in [0, 0.1) is 0 Å². The van der Waals surface area contributed by atoms with Crippen molar-refractivity contribution in [2.45, 2.75) is 18.9 Å². The lowest BCUT2D eigenvalue weighted by atomic mass is 10.2. The van der Waals surface area contributed by atoms with Gasteiger partial charge in [-0.1, -0.05) is 91.0 Å². The monoisotopic (exact) mass is 423 g/mol. The normalized spacial score (nSPS) is 12.1. The Kier molecular flexibility index (Phi) is 8.54.